The Kier molecular flexibility index (Phi) is 4.71. The van der Waals surface area contributed by atoms with E-state index in [-0.39, 0.29) is 15.9 Å². The predicted molar refractivity (Wildman–Crippen MR) is 84.3 cm³/mol. The van der Waals surface area contributed by atoms with Crippen molar-refractivity contribution >= 4 is 27.2 Å². The highest BCUT2D eigenvalue weighted by Gasteiger charge is 2.21. The van der Waals surface area contributed by atoms with E-state index < -0.39 is 10.0 Å². The van der Waals surface area contributed by atoms with Crippen molar-refractivity contribution in [2.24, 2.45) is 5.73 Å². The maximum Gasteiger partial charge on any atom is 0.241 e. The Morgan fingerprint density at radius 2 is 2.19 bits per heavy atom. The number of benzene rings is 1. The summed E-state index contributed by atoms with van der Waals surface area (Å²) in [4.78, 5) is 4.07. The van der Waals surface area contributed by atoms with Gasteiger partial charge in [-0.15, -0.1) is 0 Å². The third kappa shape index (κ3) is 3.87. The smallest absolute Gasteiger partial charge is 0.241 e. The normalized spacial score (nSPS) is 13.0. The lowest BCUT2D eigenvalue weighted by Gasteiger charge is -2.16. The highest BCUT2D eigenvalue weighted by atomic mass is 32.2. The van der Waals surface area contributed by atoms with E-state index >= 15 is 0 Å². The molecule has 2 aromatic rings. The third-order valence-electron chi connectivity index (χ3n) is 2.84. The number of rotatable bonds is 6. The van der Waals surface area contributed by atoms with Crippen molar-refractivity contribution in [3.63, 3.8) is 0 Å². The van der Waals surface area contributed by atoms with Crippen LogP contribution in [-0.2, 0) is 16.6 Å². The number of hydrogen-bond donors (Lipinski definition) is 2. The zero-order valence-electron chi connectivity index (χ0n) is 11.4. The Bertz CT molecular complexity index is 726. The molecule has 8 heteroatoms. The van der Waals surface area contributed by atoms with Gasteiger partial charge in [-0.1, -0.05) is 30.4 Å². The Labute approximate surface area is 129 Å². The lowest BCUT2D eigenvalue weighted by Crippen LogP contribution is -2.36. The van der Waals surface area contributed by atoms with Crippen LogP contribution in [0.2, 0.25) is 0 Å². The molecule has 6 nitrogen and oxygen atoms in total. The second kappa shape index (κ2) is 6.33. The van der Waals surface area contributed by atoms with Gasteiger partial charge in [-0.05, 0) is 13.0 Å². The summed E-state index contributed by atoms with van der Waals surface area (Å²) in [5.41, 5.74) is 5.92. The maximum absolute atomic E-state index is 12.4. The number of nitrogens with two attached hydrogens (primary N) is 1. The van der Waals surface area contributed by atoms with Crippen molar-refractivity contribution in [2.75, 3.05) is 0 Å². The average molecular weight is 324 g/mol. The number of aromatic nitrogens is 2. The first kappa shape index (κ1) is 15.6. The standard InChI is InChI=1S/C13H16N4O2S2/c1-10(8-17-7-6-15-9-17)16-21(18,19)12-5-3-2-4-11(12)13(14)20/h2-7,9-10,16H,8H2,1H3,(H2,14,20). The minimum Gasteiger partial charge on any atom is -0.389 e. The molecule has 3 N–H and O–H groups in total. The van der Waals surface area contributed by atoms with Gasteiger partial charge in [0.05, 0.1) is 11.2 Å². The second-order valence-corrected chi connectivity index (χ2v) is 6.76. The van der Waals surface area contributed by atoms with Gasteiger partial charge in [-0.2, -0.15) is 0 Å². The Balaban J connectivity index is 2.20. The molecule has 1 unspecified atom stereocenters. The highest BCUT2D eigenvalue weighted by Crippen LogP contribution is 2.15. The molecule has 0 aliphatic carbocycles. The maximum atomic E-state index is 12.4. The second-order valence-electron chi connectivity index (χ2n) is 4.64. The molecular weight excluding hydrogens is 308 g/mol. The van der Waals surface area contributed by atoms with Gasteiger partial charge < -0.3 is 10.3 Å². The van der Waals surface area contributed by atoms with E-state index in [1.54, 1.807) is 48.4 Å². The van der Waals surface area contributed by atoms with Crippen molar-refractivity contribution in [2.45, 2.75) is 24.4 Å². The Morgan fingerprint density at radius 1 is 1.48 bits per heavy atom. The fraction of sp³-hybridized carbons (Fsp3) is 0.231. The lowest BCUT2D eigenvalue weighted by atomic mass is 10.2. The topological polar surface area (TPSA) is 90.0 Å². The molecule has 1 heterocycles. The number of imidazole rings is 1. The molecule has 0 amide bonds. The summed E-state index contributed by atoms with van der Waals surface area (Å²) in [5.74, 6) is 0. The van der Waals surface area contributed by atoms with Crippen molar-refractivity contribution in [1.82, 2.24) is 14.3 Å². The van der Waals surface area contributed by atoms with Gasteiger partial charge in [0.2, 0.25) is 10.0 Å². The number of sulfonamides is 1. The van der Waals surface area contributed by atoms with E-state index in [1.807, 2.05) is 0 Å². The molecule has 0 aliphatic rings. The first-order valence-electron chi connectivity index (χ1n) is 6.27. The summed E-state index contributed by atoms with van der Waals surface area (Å²) in [6.45, 7) is 2.26. The summed E-state index contributed by atoms with van der Waals surface area (Å²) in [7, 11) is -3.69. The molecule has 1 aromatic heterocycles. The van der Waals surface area contributed by atoms with Crippen molar-refractivity contribution < 1.29 is 8.42 Å². The van der Waals surface area contributed by atoms with Gasteiger partial charge in [-0.25, -0.2) is 18.1 Å². The van der Waals surface area contributed by atoms with Crippen LogP contribution in [0.4, 0.5) is 0 Å². The number of nitrogens with zero attached hydrogens (tertiary/aromatic N) is 2. The van der Waals surface area contributed by atoms with Gasteiger partial charge in [0, 0.05) is 30.5 Å². The summed E-state index contributed by atoms with van der Waals surface area (Å²) < 4.78 is 29.3. The van der Waals surface area contributed by atoms with Gasteiger partial charge in [0.15, 0.2) is 0 Å². The Hall–Kier alpha value is -1.77. The van der Waals surface area contributed by atoms with E-state index in [0.29, 0.717) is 12.1 Å². The fourth-order valence-corrected chi connectivity index (χ4v) is 3.68. The number of nitrogens with one attached hydrogen (secondary N) is 1. The van der Waals surface area contributed by atoms with E-state index in [2.05, 4.69) is 9.71 Å². The molecule has 0 saturated heterocycles. The molecule has 2 rings (SSSR count). The van der Waals surface area contributed by atoms with Gasteiger partial charge >= 0.3 is 0 Å². The van der Waals surface area contributed by atoms with Crippen LogP contribution in [0, 0.1) is 0 Å². The van der Waals surface area contributed by atoms with Crippen molar-refractivity contribution in [3.8, 4) is 0 Å². The van der Waals surface area contributed by atoms with Crippen LogP contribution in [0.25, 0.3) is 0 Å². The van der Waals surface area contributed by atoms with E-state index in [4.69, 9.17) is 18.0 Å². The molecule has 21 heavy (non-hydrogen) atoms. The summed E-state index contributed by atoms with van der Waals surface area (Å²) in [5, 5.41) is 0. The molecule has 0 bridgehead atoms. The third-order valence-corrected chi connectivity index (χ3v) is 4.71. The fourth-order valence-electron chi connectivity index (χ4n) is 1.98. The molecule has 0 spiro atoms. The highest BCUT2D eigenvalue weighted by molar-refractivity contribution is 7.89. The van der Waals surface area contributed by atoms with Crippen LogP contribution in [0.5, 0.6) is 0 Å². The van der Waals surface area contributed by atoms with Crippen LogP contribution in [-0.4, -0.2) is 29.0 Å². The molecular formula is C13H16N4O2S2. The van der Waals surface area contributed by atoms with Crippen molar-refractivity contribution in [3.05, 3.63) is 48.5 Å². The van der Waals surface area contributed by atoms with E-state index in [0.717, 1.165) is 0 Å². The zero-order chi connectivity index (χ0) is 15.5. The van der Waals surface area contributed by atoms with Crippen molar-refractivity contribution in [1.29, 1.82) is 0 Å². The molecule has 0 saturated carbocycles. The molecule has 1 aromatic carbocycles. The van der Waals surface area contributed by atoms with Gasteiger partial charge in [-0.3, -0.25) is 0 Å². The Morgan fingerprint density at radius 3 is 2.81 bits per heavy atom. The van der Waals surface area contributed by atoms with Crippen LogP contribution in [0.3, 0.4) is 0 Å². The average Bonchev–Trinajstić information content (AvgIpc) is 2.90. The number of thiocarbonyl (C=S) groups is 1. The predicted octanol–water partition coefficient (Wildman–Crippen LogP) is 0.884. The molecule has 0 aliphatic heterocycles. The molecule has 112 valence electrons. The minimum absolute atomic E-state index is 0.0539. The summed E-state index contributed by atoms with van der Waals surface area (Å²) in [6, 6.07) is 6.11. The quantitative estimate of drug-likeness (QED) is 0.770. The van der Waals surface area contributed by atoms with Crippen LogP contribution >= 0.6 is 12.2 Å². The monoisotopic (exact) mass is 324 g/mol. The number of hydrogen-bond acceptors (Lipinski definition) is 4. The van der Waals surface area contributed by atoms with E-state index in [1.165, 1.54) is 6.07 Å². The SMILES string of the molecule is CC(Cn1ccnc1)NS(=O)(=O)c1ccccc1C(N)=S. The molecule has 0 fully saturated rings. The van der Waals surface area contributed by atoms with Crippen LogP contribution in [0.1, 0.15) is 12.5 Å². The molecule has 0 radical (unpaired) electrons. The lowest BCUT2D eigenvalue weighted by molar-refractivity contribution is 0.520. The van der Waals surface area contributed by atoms with Gasteiger partial charge in [0.1, 0.15) is 4.99 Å². The molecule has 1 atom stereocenters. The first-order valence-corrected chi connectivity index (χ1v) is 8.16. The first-order chi connectivity index (χ1) is 9.90. The van der Waals surface area contributed by atoms with Gasteiger partial charge in [0.25, 0.3) is 0 Å². The van der Waals surface area contributed by atoms with E-state index in [9.17, 15) is 8.42 Å². The van der Waals surface area contributed by atoms with Crippen LogP contribution < -0.4 is 10.5 Å². The zero-order valence-corrected chi connectivity index (χ0v) is 13.1. The summed E-state index contributed by atoms with van der Waals surface area (Å²) >= 11 is 4.90. The van der Waals surface area contributed by atoms with Crippen LogP contribution in [0.15, 0.2) is 47.9 Å². The summed E-state index contributed by atoms with van der Waals surface area (Å²) in [6.07, 6.45) is 5.05. The largest absolute Gasteiger partial charge is 0.389 e. The minimum atomic E-state index is -3.69.